The largest absolute Gasteiger partial charge is 0.322 e. The van der Waals surface area contributed by atoms with E-state index in [1.165, 1.54) is 19.3 Å². The minimum atomic E-state index is 0.0707. The number of carbonyl (C=O) groups excluding carboxylic acids is 1. The highest BCUT2D eigenvalue weighted by atomic mass is 32.2. The monoisotopic (exact) mass is 324 g/mol. The standard InChI is InChI=1S/C16H28N4OS/c1-5-22-14-8-6-7-9-20(10-14)11-15(21)17-16-12(2)18-19(4)13(16)3/h14H,5-11H2,1-4H3,(H,17,21)/t14-/m1/s1. The molecule has 1 atom stereocenters. The number of hydrogen-bond acceptors (Lipinski definition) is 4. The Hall–Kier alpha value is -1.01. The number of carbonyl (C=O) groups is 1. The quantitative estimate of drug-likeness (QED) is 0.904. The lowest BCUT2D eigenvalue weighted by Crippen LogP contribution is -2.37. The number of aryl methyl sites for hydroxylation is 2. The van der Waals surface area contributed by atoms with Gasteiger partial charge in [-0.15, -0.1) is 0 Å². The van der Waals surface area contributed by atoms with Gasteiger partial charge in [-0.3, -0.25) is 14.4 Å². The van der Waals surface area contributed by atoms with Crippen LogP contribution in [0.25, 0.3) is 0 Å². The molecule has 1 fully saturated rings. The number of hydrogen-bond donors (Lipinski definition) is 1. The Morgan fingerprint density at radius 2 is 2.18 bits per heavy atom. The fourth-order valence-electron chi connectivity index (χ4n) is 3.03. The van der Waals surface area contributed by atoms with Crippen molar-refractivity contribution in [3.63, 3.8) is 0 Å². The van der Waals surface area contributed by atoms with Gasteiger partial charge in [0.1, 0.15) is 0 Å². The Labute approximate surface area is 137 Å². The summed E-state index contributed by atoms with van der Waals surface area (Å²) < 4.78 is 1.81. The highest BCUT2D eigenvalue weighted by Crippen LogP contribution is 2.22. The summed E-state index contributed by atoms with van der Waals surface area (Å²) in [5, 5.41) is 8.06. The van der Waals surface area contributed by atoms with Crippen molar-refractivity contribution < 1.29 is 4.79 Å². The van der Waals surface area contributed by atoms with Gasteiger partial charge in [-0.05, 0) is 39.0 Å². The molecule has 1 N–H and O–H groups in total. The molecule has 0 saturated carbocycles. The number of amides is 1. The van der Waals surface area contributed by atoms with Crippen LogP contribution in [0.5, 0.6) is 0 Å². The van der Waals surface area contributed by atoms with Crippen LogP contribution in [-0.2, 0) is 11.8 Å². The van der Waals surface area contributed by atoms with Crippen LogP contribution in [-0.4, -0.2) is 51.2 Å². The van der Waals surface area contributed by atoms with Crippen LogP contribution in [0.3, 0.4) is 0 Å². The van der Waals surface area contributed by atoms with Crippen molar-refractivity contribution >= 4 is 23.4 Å². The molecule has 0 bridgehead atoms. The van der Waals surface area contributed by atoms with Crippen LogP contribution in [0.2, 0.25) is 0 Å². The Morgan fingerprint density at radius 1 is 1.41 bits per heavy atom. The van der Waals surface area contributed by atoms with E-state index in [1.54, 1.807) is 0 Å². The molecular weight excluding hydrogens is 296 g/mol. The number of likely N-dealkylation sites (tertiary alicyclic amines) is 1. The summed E-state index contributed by atoms with van der Waals surface area (Å²) in [6, 6.07) is 0. The van der Waals surface area contributed by atoms with Crippen molar-refractivity contribution in [2.45, 2.75) is 45.3 Å². The molecule has 0 aliphatic carbocycles. The second-order valence-electron chi connectivity index (χ2n) is 6.03. The highest BCUT2D eigenvalue weighted by Gasteiger charge is 2.21. The first-order valence-electron chi connectivity index (χ1n) is 8.15. The zero-order valence-corrected chi connectivity index (χ0v) is 15.0. The first-order chi connectivity index (χ1) is 10.5. The molecule has 0 unspecified atom stereocenters. The van der Waals surface area contributed by atoms with Gasteiger partial charge in [-0.25, -0.2) is 0 Å². The zero-order chi connectivity index (χ0) is 16.1. The summed E-state index contributed by atoms with van der Waals surface area (Å²) >= 11 is 2.02. The summed E-state index contributed by atoms with van der Waals surface area (Å²) in [5.74, 6) is 1.22. The topological polar surface area (TPSA) is 50.2 Å². The molecule has 1 aromatic rings. The minimum Gasteiger partial charge on any atom is -0.322 e. The van der Waals surface area contributed by atoms with Crippen LogP contribution in [0.1, 0.15) is 37.6 Å². The molecule has 124 valence electrons. The molecule has 1 saturated heterocycles. The number of nitrogens with zero attached hydrogens (tertiary/aromatic N) is 3. The molecule has 1 amide bonds. The van der Waals surface area contributed by atoms with E-state index in [9.17, 15) is 4.79 Å². The van der Waals surface area contributed by atoms with E-state index < -0.39 is 0 Å². The first-order valence-corrected chi connectivity index (χ1v) is 9.20. The summed E-state index contributed by atoms with van der Waals surface area (Å²) in [6.45, 7) is 8.66. The lowest BCUT2D eigenvalue weighted by molar-refractivity contribution is -0.117. The Morgan fingerprint density at radius 3 is 2.82 bits per heavy atom. The van der Waals surface area contributed by atoms with Gasteiger partial charge < -0.3 is 5.32 Å². The molecule has 1 aliphatic rings. The first kappa shape index (κ1) is 17.3. The molecule has 5 nitrogen and oxygen atoms in total. The Kier molecular flexibility index (Phi) is 6.32. The molecular formula is C16H28N4OS. The number of aromatic nitrogens is 2. The van der Waals surface area contributed by atoms with Gasteiger partial charge in [-0.1, -0.05) is 13.3 Å². The molecule has 2 rings (SSSR count). The summed E-state index contributed by atoms with van der Waals surface area (Å²) in [4.78, 5) is 14.7. The third-order valence-corrected chi connectivity index (χ3v) is 5.44. The van der Waals surface area contributed by atoms with Crippen LogP contribution in [0, 0.1) is 13.8 Å². The molecule has 0 aromatic carbocycles. The maximum Gasteiger partial charge on any atom is 0.238 e. The lowest BCUT2D eigenvalue weighted by atomic mass is 10.2. The van der Waals surface area contributed by atoms with Gasteiger partial charge >= 0.3 is 0 Å². The molecule has 1 aliphatic heterocycles. The molecule has 0 radical (unpaired) electrons. The van der Waals surface area contributed by atoms with Crippen molar-refractivity contribution in [3.05, 3.63) is 11.4 Å². The van der Waals surface area contributed by atoms with Crippen LogP contribution >= 0.6 is 11.8 Å². The van der Waals surface area contributed by atoms with Gasteiger partial charge in [0, 0.05) is 18.8 Å². The molecule has 22 heavy (non-hydrogen) atoms. The van der Waals surface area contributed by atoms with E-state index in [2.05, 4.69) is 22.2 Å². The SMILES string of the molecule is CCS[C@@H]1CCCCN(CC(=O)Nc2c(C)nn(C)c2C)C1. The fraction of sp³-hybridized carbons (Fsp3) is 0.750. The van der Waals surface area contributed by atoms with Crippen molar-refractivity contribution in [2.24, 2.45) is 7.05 Å². The van der Waals surface area contributed by atoms with E-state index in [0.29, 0.717) is 11.8 Å². The lowest BCUT2D eigenvalue weighted by Gasteiger charge is -2.23. The third-order valence-electron chi connectivity index (χ3n) is 4.26. The predicted octanol–water partition coefficient (Wildman–Crippen LogP) is 2.58. The van der Waals surface area contributed by atoms with E-state index in [0.717, 1.165) is 35.9 Å². The van der Waals surface area contributed by atoms with E-state index in [-0.39, 0.29) is 5.91 Å². The highest BCUT2D eigenvalue weighted by molar-refractivity contribution is 7.99. The van der Waals surface area contributed by atoms with E-state index in [1.807, 2.05) is 37.3 Å². The van der Waals surface area contributed by atoms with E-state index >= 15 is 0 Å². The molecule has 6 heteroatoms. The van der Waals surface area contributed by atoms with Gasteiger partial charge in [0.2, 0.25) is 5.91 Å². The van der Waals surface area contributed by atoms with Crippen LogP contribution in [0.4, 0.5) is 5.69 Å². The van der Waals surface area contributed by atoms with Crippen LogP contribution < -0.4 is 5.32 Å². The number of anilines is 1. The second kappa shape index (κ2) is 8.02. The predicted molar refractivity (Wildman–Crippen MR) is 93.5 cm³/mol. The number of nitrogens with one attached hydrogen (secondary N) is 1. The summed E-state index contributed by atoms with van der Waals surface area (Å²) in [6.07, 6.45) is 3.74. The zero-order valence-electron chi connectivity index (χ0n) is 14.2. The summed E-state index contributed by atoms with van der Waals surface area (Å²) in [7, 11) is 1.90. The van der Waals surface area contributed by atoms with Crippen molar-refractivity contribution in [2.75, 3.05) is 30.7 Å². The average molecular weight is 324 g/mol. The van der Waals surface area contributed by atoms with Crippen molar-refractivity contribution in [1.29, 1.82) is 0 Å². The molecule has 1 aromatic heterocycles. The Balaban J connectivity index is 1.93. The van der Waals surface area contributed by atoms with Crippen molar-refractivity contribution in [3.8, 4) is 0 Å². The maximum absolute atomic E-state index is 12.4. The van der Waals surface area contributed by atoms with Gasteiger partial charge in [-0.2, -0.15) is 16.9 Å². The van der Waals surface area contributed by atoms with Gasteiger partial charge in [0.05, 0.1) is 23.6 Å². The third kappa shape index (κ3) is 4.49. The Bertz CT molecular complexity index is 514. The number of rotatable bonds is 5. The number of thioether (sulfide) groups is 1. The fourth-order valence-corrected chi connectivity index (χ4v) is 4.15. The minimum absolute atomic E-state index is 0.0707. The second-order valence-corrected chi connectivity index (χ2v) is 7.60. The van der Waals surface area contributed by atoms with Crippen molar-refractivity contribution in [1.82, 2.24) is 14.7 Å². The van der Waals surface area contributed by atoms with Crippen LogP contribution in [0.15, 0.2) is 0 Å². The maximum atomic E-state index is 12.4. The molecule has 2 heterocycles. The smallest absolute Gasteiger partial charge is 0.238 e. The summed E-state index contributed by atoms with van der Waals surface area (Å²) in [5.41, 5.74) is 2.74. The average Bonchev–Trinajstić information content (AvgIpc) is 2.65. The molecule has 0 spiro atoms. The van der Waals surface area contributed by atoms with E-state index in [4.69, 9.17) is 0 Å². The van der Waals surface area contributed by atoms with Gasteiger partial charge in [0.25, 0.3) is 0 Å². The normalized spacial score (nSPS) is 19.9. The van der Waals surface area contributed by atoms with Gasteiger partial charge in [0.15, 0.2) is 0 Å².